The van der Waals surface area contributed by atoms with Crippen LogP contribution in [0.2, 0.25) is 0 Å². The molecule has 0 saturated carbocycles. The molecule has 0 bridgehead atoms. The van der Waals surface area contributed by atoms with Gasteiger partial charge in [-0.25, -0.2) is 4.79 Å². The predicted octanol–water partition coefficient (Wildman–Crippen LogP) is 2.30. The average molecular weight is 306 g/mol. The number of nitrogens with zero attached hydrogens (tertiary/aromatic N) is 1. The SMILES string of the molecule is O=C(Nc1ccccc1C(F)(F)F)N1CCS(=O)CC1. The third-order valence-electron chi connectivity index (χ3n) is 2.94. The molecule has 1 aliphatic heterocycles. The number of halogens is 3. The second kappa shape index (κ2) is 5.82. The van der Waals surface area contributed by atoms with Crippen LogP contribution in [0.5, 0.6) is 0 Å². The van der Waals surface area contributed by atoms with Crippen molar-refractivity contribution in [1.82, 2.24) is 4.90 Å². The Morgan fingerprint density at radius 1 is 1.20 bits per heavy atom. The van der Waals surface area contributed by atoms with Crippen LogP contribution in [-0.4, -0.2) is 39.7 Å². The van der Waals surface area contributed by atoms with Gasteiger partial charge in [0.15, 0.2) is 0 Å². The third-order valence-corrected chi connectivity index (χ3v) is 4.21. The lowest BCUT2D eigenvalue weighted by atomic mass is 10.1. The van der Waals surface area contributed by atoms with Crippen molar-refractivity contribution in [3.05, 3.63) is 29.8 Å². The van der Waals surface area contributed by atoms with E-state index in [1.165, 1.54) is 23.1 Å². The zero-order valence-electron chi connectivity index (χ0n) is 10.4. The molecule has 0 spiro atoms. The molecule has 1 aliphatic rings. The van der Waals surface area contributed by atoms with Gasteiger partial charge in [0.05, 0.1) is 11.3 Å². The first-order chi connectivity index (χ1) is 9.38. The van der Waals surface area contributed by atoms with Crippen molar-refractivity contribution in [3.63, 3.8) is 0 Å². The highest BCUT2D eigenvalue weighted by Crippen LogP contribution is 2.34. The summed E-state index contributed by atoms with van der Waals surface area (Å²) in [5.74, 6) is 0.711. The van der Waals surface area contributed by atoms with Gasteiger partial charge in [-0.1, -0.05) is 12.1 Å². The fraction of sp³-hybridized carbons (Fsp3) is 0.417. The first-order valence-electron chi connectivity index (χ1n) is 5.95. The summed E-state index contributed by atoms with van der Waals surface area (Å²) in [7, 11) is -0.944. The van der Waals surface area contributed by atoms with Gasteiger partial charge in [0.2, 0.25) is 0 Å². The molecule has 0 unspecified atom stereocenters. The monoisotopic (exact) mass is 306 g/mol. The van der Waals surface area contributed by atoms with Crippen LogP contribution in [-0.2, 0) is 17.0 Å². The number of hydrogen-bond acceptors (Lipinski definition) is 2. The summed E-state index contributed by atoms with van der Waals surface area (Å²) in [6.45, 7) is 0.569. The Morgan fingerprint density at radius 2 is 1.80 bits per heavy atom. The minimum atomic E-state index is -4.52. The van der Waals surface area contributed by atoms with Crippen molar-refractivity contribution in [3.8, 4) is 0 Å². The largest absolute Gasteiger partial charge is 0.418 e. The lowest BCUT2D eigenvalue weighted by Crippen LogP contribution is -2.44. The smallest absolute Gasteiger partial charge is 0.323 e. The summed E-state index contributed by atoms with van der Waals surface area (Å²) in [6.07, 6.45) is -4.52. The summed E-state index contributed by atoms with van der Waals surface area (Å²) >= 11 is 0. The van der Waals surface area contributed by atoms with Gasteiger partial charge in [0, 0.05) is 35.4 Å². The number of amides is 2. The van der Waals surface area contributed by atoms with E-state index < -0.39 is 28.6 Å². The molecular formula is C12H13F3N2O2S. The van der Waals surface area contributed by atoms with Gasteiger partial charge in [-0.2, -0.15) is 13.2 Å². The quantitative estimate of drug-likeness (QED) is 0.865. The van der Waals surface area contributed by atoms with Gasteiger partial charge < -0.3 is 10.2 Å². The van der Waals surface area contributed by atoms with Crippen LogP contribution in [0.4, 0.5) is 23.7 Å². The molecule has 0 atom stereocenters. The number of rotatable bonds is 1. The number of hydrogen-bond donors (Lipinski definition) is 1. The molecular weight excluding hydrogens is 293 g/mol. The first kappa shape index (κ1) is 14.8. The molecule has 1 aromatic carbocycles. The Kier molecular flexibility index (Phi) is 4.32. The Balaban J connectivity index is 2.10. The van der Waals surface area contributed by atoms with Crippen LogP contribution in [0.1, 0.15) is 5.56 Å². The van der Waals surface area contributed by atoms with Gasteiger partial charge in [0.25, 0.3) is 0 Å². The molecule has 4 nitrogen and oxygen atoms in total. The number of para-hydroxylation sites is 1. The van der Waals surface area contributed by atoms with Gasteiger partial charge >= 0.3 is 12.2 Å². The van der Waals surface area contributed by atoms with E-state index in [0.717, 1.165) is 6.07 Å². The molecule has 0 aliphatic carbocycles. The zero-order chi connectivity index (χ0) is 14.8. The Morgan fingerprint density at radius 3 is 2.40 bits per heavy atom. The standard InChI is InChI=1S/C12H13F3N2O2S/c13-12(14,15)9-3-1-2-4-10(9)16-11(18)17-5-7-20(19)8-6-17/h1-4H,5-8H2,(H,16,18). The third kappa shape index (κ3) is 3.50. The molecule has 2 rings (SSSR count). The highest BCUT2D eigenvalue weighted by Gasteiger charge is 2.34. The summed E-state index contributed by atoms with van der Waals surface area (Å²) in [6, 6.07) is 4.22. The summed E-state index contributed by atoms with van der Waals surface area (Å²) < 4.78 is 49.5. The van der Waals surface area contributed by atoms with Crippen molar-refractivity contribution in [2.75, 3.05) is 29.9 Å². The van der Waals surface area contributed by atoms with E-state index in [0.29, 0.717) is 11.5 Å². The molecule has 1 fully saturated rings. The minimum Gasteiger partial charge on any atom is -0.323 e. The summed E-state index contributed by atoms with van der Waals surface area (Å²) in [4.78, 5) is 13.3. The van der Waals surface area contributed by atoms with E-state index in [1.54, 1.807) is 0 Å². The van der Waals surface area contributed by atoms with Gasteiger partial charge in [-0.3, -0.25) is 4.21 Å². The van der Waals surface area contributed by atoms with E-state index in [1.807, 2.05) is 0 Å². The molecule has 2 amide bonds. The highest BCUT2D eigenvalue weighted by molar-refractivity contribution is 7.85. The molecule has 1 heterocycles. The number of alkyl halides is 3. The maximum atomic E-state index is 12.8. The lowest BCUT2D eigenvalue weighted by Gasteiger charge is -2.27. The van der Waals surface area contributed by atoms with Crippen molar-refractivity contribution in [1.29, 1.82) is 0 Å². The minimum absolute atomic E-state index is 0.267. The summed E-state index contributed by atoms with van der Waals surface area (Å²) in [5, 5.41) is 2.27. The normalized spacial score (nSPS) is 17.1. The molecule has 20 heavy (non-hydrogen) atoms. The van der Waals surface area contributed by atoms with Crippen molar-refractivity contribution < 1.29 is 22.2 Å². The van der Waals surface area contributed by atoms with Crippen LogP contribution in [0.15, 0.2) is 24.3 Å². The molecule has 1 N–H and O–H groups in total. The van der Waals surface area contributed by atoms with Crippen LogP contribution in [0, 0.1) is 0 Å². The second-order valence-corrected chi connectivity index (χ2v) is 6.00. The molecule has 0 radical (unpaired) electrons. The van der Waals surface area contributed by atoms with Crippen LogP contribution in [0.3, 0.4) is 0 Å². The zero-order valence-corrected chi connectivity index (χ0v) is 11.3. The number of anilines is 1. The van der Waals surface area contributed by atoms with E-state index in [2.05, 4.69) is 5.32 Å². The van der Waals surface area contributed by atoms with E-state index >= 15 is 0 Å². The molecule has 8 heteroatoms. The number of benzene rings is 1. The topological polar surface area (TPSA) is 49.4 Å². The number of urea groups is 1. The molecule has 1 aromatic rings. The van der Waals surface area contributed by atoms with E-state index in [9.17, 15) is 22.2 Å². The Hall–Kier alpha value is -1.57. The van der Waals surface area contributed by atoms with Crippen LogP contribution >= 0.6 is 0 Å². The molecule has 110 valence electrons. The Bertz CT molecular complexity index is 524. The van der Waals surface area contributed by atoms with E-state index in [4.69, 9.17) is 0 Å². The first-order valence-corrected chi connectivity index (χ1v) is 7.44. The second-order valence-electron chi connectivity index (χ2n) is 4.31. The van der Waals surface area contributed by atoms with Crippen molar-refractivity contribution in [2.24, 2.45) is 0 Å². The highest BCUT2D eigenvalue weighted by atomic mass is 32.2. The number of carbonyl (C=O) groups is 1. The fourth-order valence-corrected chi connectivity index (χ4v) is 2.93. The maximum Gasteiger partial charge on any atom is 0.418 e. The average Bonchev–Trinajstić information content (AvgIpc) is 2.38. The number of carbonyl (C=O) groups excluding carboxylic acids is 1. The lowest BCUT2D eigenvalue weighted by molar-refractivity contribution is -0.136. The van der Waals surface area contributed by atoms with Crippen molar-refractivity contribution >= 4 is 22.5 Å². The number of nitrogens with one attached hydrogen (secondary N) is 1. The van der Waals surface area contributed by atoms with E-state index in [-0.39, 0.29) is 18.8 Å². The van der Waals surface area contributed by atoms with Crippen LogP contribution < -0.4 is 5.32 Å². The van der Waals surface area contributed by atoms with Gasteiger partial charge in [0.1, 0.15) is 0 Å². The molecule has 0 aromatic heterocycles. The predicted molar refractivity (Wildman–Crippen MR) is 69.9 cm³/mol. The van der Waals surface area contributed by atoms with Gasteiger partial charge in [-0.05, 0) is 12.1 Å². The fourth-order valence-electron chi connectivity index (χ4n) is 1.87. The van der Waals surface area contributed by atoms with Crippen molar-refractivity contribution in [2.45, 2.75) is 6.18 Å². The van der Waals surface area contributed by atoms with Crippen LogP contribution in [0.25, 0.3) is 0 Å². The summed E-state index contributed by atoms with van der Waals surface area (Å²) in [5.41, 5.74) is -1.15. The van der Waals surface area contributed by atoms with Gasteiger partial charge in [-0.15, -0.1) is 0 Å². The maximum absolute atomic E-state index is 12.8. The molecule has 1 saturated heterocycles. The Labute approximate surface area is 116 Å².